The molecule has 1 N–H and O–H groups in total. The Morgan fingerprint density at radius 2 is 1.64 bits per heavy atom. The highest BCUT2D eigenvalue weighted by molar-refractivity contribution is 7.99. The van der Waals surface area contributed by atoms with Crippen molar-refractivity contribution in [1.82, 2.24) is 25.1 Å². The lowest BCUT2D eigenvalue weighted by molar-refractivity contribution is -0.121. The van der Waals surface area contributed by atoms with Crippen LogP contribution in [-0.2, 0) is 22.2 Å². The predicted molar refractivity (Wildman–Crippen MR) is 208 cm³/mol. The number of benzene rings is 3. The average molecular weight is 694 g/mol. The second-order valence-corrected chi connectivity index (χ2v) is 15.8. The van der Waals surface area contributed by atoms with E-state index in [-0.39, 0.29) is 16.7 Å². The van der Waals surface area contributed by atoms with Gasteiger partial charge < -0.3 is 14.6 Å². The third-order valence-electron chi connectivity index (χ3n) is 10.4. The third kappa shape index (κ3) is 9.05. The van der Waals surface area contributed by atoms with E-state index in [1.807, 2.05) is 6.07 Å². The van der Waals surface area contributed by atoms with E-state index in [1.165, 1.54) is 22.3 Å². The first-order valence-electron chi connectivity index (χ1n) is 18.4. The van der Waals surface area contributed by atoms with Crippen molar-refractivity contribution in [2.75, 3.05) is 18.9 Å². The molecule has 0 aliphatic heterocycles. The summed E-state index contributed by atoms with van der Waals surface area (Å²) in [5.74, 6) is 1.93. The number of hydrogen-bond donors (Lipinski definition) is 1. The van der Waals surface area contributed by atoms with Crippen molar-refractivity contribution in [3.05, 3.63) is 89.0 Å². The average Bonchev–Trinajstić information content (AvgIpc) is 3.42. The van der Waals surface area contributed by atoms with E-state index in [0.29, 0.717) is 24.7 Å². The molecule has 1 amide bonds. The van der Waals surface area contributed by atoms with E-state index in [0.717, 1.165) is 78.6 Å². The molecule has 7 nitrogen and oxygen atoms in total. The molecule has 0 radical (unpaired) electrons. The van der Waals surface area contributed by atoms with E-state index in [4.69, 9.17) is 9.72 Å². The van der Waals surface area contributed by atoms with Gasteiger partial charge in [-0.1, -0.05) is 108 Å². The molecule has 2 heterocycles. The van der Waals surface area contributed by atoms with Crippen molar-refractivity contribution >= 4 is 39.7 Å². The molecule has 266 valence electrons. The summed E-state index contributed by atoms with van der Waals surface area (Å²) in [7, 11) is 0. The number of para-hydroxylation sites is 1. The van der Waals surface area contributed by atoms with Crippen molar-refractivity contribution in [3.63, 3.8) is 0 Å². The lowest BCUT2D eigenvalue weighted by Crippen LogP contribution is -2.24. The van der Waals surface area contributed by atoms with Crippen LogP contribution in [0.3, 0.4) is 0 Å². The molecule has 0 aliphatic carbocycles. The molecule has 0 atom stereocenters. The Kier molecular flexibility index (Phi) is 12.6. The second-order valence-electron chi connectivity index (χ2n) is 14.7. The van der Waals surface area contributed by atoms with Gasteiger partial charge in [0.2, 0.25) is 11.1 Å². The molecule has 2 aromatic heterocycles. The molecule has 50 heavy (non-hydrogen) atoms. The summed E-state index contributed by atoms with van der Waals surface area (Å²) in [5, 5.41) is 13.9. The Morgan fingerprint density at radius 1 is 0.880 bits per heavy atom. The van der Waals surface area contributed by atoms with Crippen molar-refractivity contribution < 1.29 is 9.53 Å². The Bertz CT molecular complexity index is 1900. The number of nitrogens with zero attached hydrogens (tertiary/aromatic N) is 4. The maximum absolute atomic E-state index is 12.5. The molecule has 8 heteroatoms. The molecule has 0 saturated heterocycles. The molecule has 3 aromatic carbocycles. The molecular weight excluding hydrogens is 639 g/mol. The van der Waals surface area contributed by atoms with Crippen LogP contribution in [0.4, 0.5) is 0 Å². The molecule has 0 spiro atoms. The number of carbonyl (C=O) groups is 1. The van der Waals surface area contributed by atoms with Crippen LogP contribution in [0.25, 0.3) is 22.1 Å². The van der Waals surface area contributed by atoms with Crippen LogP contribution in [0.2, 0.25) is 0 Å². The zero-order chi connectivity index (χ0) is 35.7. The van der Waals surface area contributed by atoms with E-state index in [2.05, 4.69) is 129 Å². The normalized spacial score (nSPS) is 12.1. The summed E-state index contributed by atoms with van der Waals surface area (Å²) in [6.45, 7) is 17.9. The number of thioether (sulfide) groups is 1. The topological polar surface area (TPSA) is 81.9 Å². The molecular formula is C42H55N5O2S. The predicted octanol–water partition coefficient (Wildman–Crippen LogP) is 9.95. The number of amides is 1. The van der Waals surface area contributed by atoms with Crippen LogP contribution < -0.4 is 10.1 Å². The maximum atomic E-state index is 12.5. The number of carbonyl (C=O) groups excluding carboxylic acids is 1. The fourth-order valence-electron chi connectivity index (χ4n) is 6.15. The SMILES string of the molecule is CCC(C)(C)c1ccc(OCCCCNC(=O)CCCCSc2nnc3c4ccccc4n(Cc4ccccc4C)c3n2)c(C(C)(C)CC)c1. The minimum absolute atomic E-state index is 0.0439. The highest BCUT2D eigenvalue weighted by atomic mass is 32.2. The first-order chi connectivity index (χ1) is 24.0. The zero-order valence-electron chi connectivity index (χ0n) is 31.1. The fourth-order valence-corrected chi connectivity index (χ4v) is 6.93. The van der Waals surface area contributed by atoms with Crippen molar-refractivity contribution in [1.29, 1.82) is 0 Å². The first kappa shape index (κ1) is 37.3. The maximum Gasteiger partial charge on any atom is 0.219 e. The number of hydrogen-bond acceptors (Lipinski definition) is 6. The second kappa shape index (κ2) is 16.9. The quantitative estimate of drug-likeness (QED) is 0.0727. The van der Waals surface area contributed by atoms with Gasteiger partial charge in [0, 0.05) is 36.2 Å². The third-order valence-corrected chi connectivity index (χ3v) is 11.3. The zero-order valence-corrected chi connectivity index (χ0v) is 32.0. The van der Waals surface area contributed by atoms with Gasteiger partial charge in [-0.05, 0) is 85.1 Å². The number of ether oxygens (including phenoxy) is 1. The Balaban J connectivity index is 1.04. The van der Waals surface area contributed by atoms with Crippen LogP contribution in [0, 0.1) is 6.92 Å². The van der Waals surface area contributed by atoms with Crippen molar-refractivity contribution in [2.45, 2.75) is 116 Å². The van der Waals surface area contributed by atoms with E-state index in [1.54, 1.807) is 11.8 Å². The van der Waals surface area contributed by atoms with Crippen LogP contribution in [0.1, 0.15) is 109 Å². The van der Waals surface area contributed by atoms with Crippen LogP contribution in [0.5, 0.6) is 5.75 Å². The molecule has 0 saturated carbocycles. The number of fused-ring (bicyclic) bond motifs is 3. The lowest BCUT2D eigenvalue weighted by atomic mass is 9.76. The highest BCUT2D eigenvalue weighted by Gasteiger charge is 2.26. The fraction of sp³-hybridized carbons (Fsp3) is 0.476. The van der Waals surface area contributed by atoms with Gasteiger partial charge in [-0.15, -0.1) is 10.2 Å². The van der Waals surface area contributed by atoms with Gasteiger partial charge in [-0.3, -0.25) is 4.79 Å². The summed E-state index contributed by atoms with van der Waals surface area (Å²) in [5.41, 5.74) is 8.15. The van der Waals surface area contributed by atoms with Gasteiger partial charge in [0.05, 0.1) is 12.1 Å². The number of aryl methyl sites for hydroxylation is 1. The van der Waals surface area contributed by atoms with Gasteiger partial charge >= 0.3 is 0 Å². The lowest BCUT2D eigenvalue weighted by Gasteiger charge is -2.30. The number of aromatic nitrogens is 4. The summed E-state index contributed by atoms with van der Waals surface area (Å²) in [6, 6.07) is 23.5. The Hall–Kier alpha value is -3.91. The number of nitrogens with one attached hydrogen (secondary N) is 1. The van der Waals surface area contributed by atoms with Crippen LogP contribution in [-0.4, -0.2) is 44.6 Å². The minimum Gasteiger partial charge on any atom is -0.493 e. The van der Waals surface area contributed by atoms with E-state index >= 15 is 0 Å². The van der Waals surface area contributed by atoms with Gasteiger partial charge in [0.1, 0.15) is 11.3 Å². The first-order valence-corrected chi connectivity index (χ1v) is 19.4. The molecule has 0 fully saturated rings. The summed E-state index contributed by atoms with van der Waals surface area (Å²) >= 11 is 1.60. The minimum atomic E-state index is 0.0439. The van der Waals surface area contributed by atoms with Crippen molar-refractivity contribution in [2.24, 2.45) is 0 Å². The standard InChI is InChI=1S/C42H55N5O2S/c1-8-41(4,5)32-23-24-36(34(28-32)42(6,7)9-2)49-26-16-15-25-43-37(48)22-14-17-27-50-40-44-39-38(45-46-40)33-20-12-13-21-35(33)47(39)29-31-19-11-10-18-30(31)3/h10-13,18-21,23-24,28H,8-9,14-17,22,25-27,29H2,1-7H3,(H,43,48). The molecule has 0 bridgehead atoms. The summed E-state index contributed by atoms with van der Waals surface area (Å²) in [4.78, 5) is 17.5. The van der Waals surface area contributed by atoms with Gasteiger partial charge in [0.25, 0.3) is 0 Å². The number of unbranched alkanes of at least 4 members (excludes halogenated alkanes) is 2. The van der Waals surface area contributed by atoms with E-state index in [9.17, 15) is 4.79 Å². The highest BCUT2D eigenvalue weighted by Crippen LogP contribution is 2.38. The summed E-state index contributed by atoms with van der Waals surface area (Å²) < 4.78 is 8.56. The number of rotatable bonds is 18. The van der Waals surface area contributed by atoms with Gasteiger partial charge in [-0.2, -0.15) is 0 Å². The Morgan fingerprint density at radius 3 is 2.42 bits per heavy atom. The molecule has 0 unspecified atom stereocenters. The molecule has 0 aliphatic rings. The molecule has 5 rings (SSSR count). The summed E-state index contributed by atoms with van der Waals surface area (Å²) in [6.07, 6.45) is 6.18. The Labute approximate surface area is 303 Å². The van der Waals surface area contributed by atoms with Crippen molar-refractivity contribution in [3.8, 4) is 5.75 Å². The van der Waals surface area contributed by atoms with E-state index < -0.39 is 0 Å². The van der Waals surface area contributed by atoms with Crippen LogP contribution >= 0.6 is 11.8 Å². The van der Waals surface area contributed by atoms with Gasteiger partial charge in [0.15, 0.2) is 5.65 Å². The smallest absolute Gasteiger partial charge is 0.219 e. The van der Waals surface area contributed by atoms with Gasteiger partial charge in [-0.25, -0.2) is 4.98 Å². The largest absolute Gasteiger partial charge is 0.493 e. The van der Waals surface area contributed by atoms with Crippen LogP contribution in [0.15, 0.2) is 71.9 Å². The molecule has 5 aromatic rings. The monoisotopic (exact) mass is 693 g/mol.